The van der Waals surface area contributed by atoms with Crippen molar-refractivity contribution in [3.63, 3.8) is 0 Å². The van der Waals surface area contributed by atoms with Crippen molar-refractivity contribution in [2.45, 2.75) is 26.8 Å². The zero-order chi connectivity index (χ0) is 20.5. The topological polar surface area (TPSA) is 91.5 Å². The summed E-state index contributed by atoms with van der Waals surface area (Å²) in [6.45, 7) is 6.63. The van der Waals surface area contributed by atoms with E-state index in [-0.39, 0.29) is 5.91 Å². The highest BCUT2D eigenvalue weighted by atomic mass is 35.5. The predicted molar refractivity (Wildman–Crippen MR) is 116 cm³/mol. The van der Waals surface area contributed by atoms with Crippen molar-refractivity contribution < 1.29 is 4.79 Å². The van der Waals surface area contributed by atoms with Crippen LogP contribution in [-0.4, -0.2) is 31.3 Å². The molecule has 1 heterocycles. The van der Waals surface area contributed by atoms with Gasteiger partial charge in [0.15, 0.2) is 0 Å². The standard InChI is InChI=1S/C20H27Cl2N5O/c1-3-18(25-11-14-4-5-16(21)17(22)8-14)27-20(28)19(13(2)9-23)26-12-15-6-7-24-10-15/h3-5,8-9,15,24-25H,6-7,10-12,23H2,1-2H3,(H,27,28)/b13-9-,18-3?,26-19?. The van der Waals surface area contributed by atoms with Crippen molar-refractivity contribution in [3.05, 3.63) is 57.5 Å². The van der Waals surface area contributed by atoms with Gasteiger partial charge in [0, 0.05) is 13.1 Å². The predicted octanol–water partition coefficient (Wildman–Crippen LogP) is 2.97. The Labute approximate surface area is 176 Å². The van der Waals surface area contributed by atoms with E-state index in [9.17, 15) is 4.79 Å². The van der Waals surface area contributed by atoms with Gasteiger partial charge >= 0.3 is 0 Å². The van der Waals surface area contributed by atoms with Crippen LogP contribution in [0, 0.1) is 5.92 Å². The summed E-state index contributed by atoms with van der Waals surface area (Å²) in [5, 5.41) is 10.3. The molecule has 28 heavy (non-hydrogen) atoms. The van der Waals surface area contributed by atoms with E-state index in [1.807, 2.05) is 13.0 Å². The Bertz CT molecular complexity index is 783. The molecular weight excluding hydrogens is 397 g/mol. The Morgan fingerprint density at radius 1 is 1.39 bits per heavy atom. The molecule has 0 aromatic heterocycles. The molecule has 1 unspecified atom stereocenters. The lowest BCUT2D eigenvalue weighted by molar-refractivity contribution is -0.114. The number of nitrogens with two attached hydrogens (primary N) is 1. The smallest absolute Gasteiger partial charge is 0.275 e. The number of rotatable bonds is 8. The number of carbonyl (C=O) groups excluding carboxylic acids is 1. The van der Waals surface area contributed by atoms with Gasteiger partial charge in [0.25, 0.3) is 5.91 Å². The Kier molecular flexibility index (Phi) is 8.83. The van der Waals surface area contributed by atoms with E-state index in [1.165, 1.54) is 6.20 Å². The summed E-state index contributed by atoms with van der Waals surface area (Å²) in [6.07, 6.45) is 4.26. The Balaban J connectivity index is 2.00. The molecular formula is C20H27Cl2N5O. The summed E-state index contributed by atoms with van der Waals surface area (Å²) in [4.78, 5) is 17.3. The molecule has 1 saturated heterocycles. The fourth-order valence-electron chi connectivity index (χ4n) is 2.79. The number of aliphatic imine (C=N–C) groups is 1. The highest BCUT2D eigenvalue weighted by molar-refractivity contribution is 6.45. The third-order valence-corrected chi connectivity index (χ3v) is 5.25. The van der Waals surface area contributed by atoms with Gasteiger partial charge in [-0.05, 0) is 74.8 Å². The number of hydrogen-bond acceptors (Lipinski definition) is 5. The van der Waals surface area contributed by atoms with E-state index in [4.69, 9.17) is 28.9 Å². The lowest BCUT2D eigenvalue weighted by Gasteiger charge is -2.15. The molecule has 152 valence electrons. The average molecular weight is 424 g/mol. The van der Waals surface area contributed by atoms with Gasteiger partial charge in [-0.25, -0.2) is 0 Å². The van der Waals surface area contributed by atoms with Gasteiger partial charge in [-0.2, -0.15) is 0 Å². The Hall–Kier alpha value is -2.02. The van der Waals surface area contributed by atoms with Crippen molar-refractivity contribution in [3.8, 4) is 0 Å². The van der Waals surface area contributed by atoms with Crippen molar-refractivity contribution in [1.29, 1.82) is 0 Å². The third kappa shape index (κ3) is 6.55. The van der Waals surface area contributed by atoms with E-state index >= 15 is 0 Å². The van der Waals surface area contributed by atoms with E-state index < -0.39 is 0 Å². The van der Waals surface area contributed by atoms with Crippen LogP contribution in [-0.2, 0) is 11.3 Å². The molecule has 1 amide bonds. The molecule has 1 fully saturated rings. The number of halogens is 2. The van der Waals surface area contributed by atoms with Crippen molar-refractivity contribution >= 4 is 34.8 Å². The van der Waals surface area contributed by atoms with Gasteiger partial charge in [-0.3, -0.25) is 9.79 Å². The molecule has 0 radical (unpaired) electrons. The van der Waals surface area contributed by atoms with Crippen LogP contribution in [0.15, 0.2) is 46.9 Å². The second-order valence-corrected chi connectivity index (χ2v) is 7.47. The third-order valence-electron chi connectivity index (χ3n) is 4.51. The molecule has 0 saturated carbocycles. The lowest BCUT2D eigenvalue weighted by atomic mass is 10.1. The van der Waals surface area contributed by atoms with Gasteiger partial charge < -0.3 is 21.7 Å². The monoisotopic (exact) mass is 423 g/mol. The number of nitrogens with one attached hydrogen (secondary N) is 3. The quantitative estimate of drug-likeness (QED) is 0.483. The Morgan fingerprint density at radius 3 is 2.79 bits per heavy atom. The number of carbonyl (C=O) groups is 1. The fourth-order valence-corrected chi connectivity index (χ4v) is 3.11. The summed E-state index contributed by atoms with van der Waals surface area (Å²) < 4.78 is 0. The van der Waals surface area contributed by atoms with Gasteiger partial charge in [0.2, 0.25) is 0 Å². The maximum atomic E-state index is 12.8. The SMILES string of the molecule is CC=C(NCc1ccc(Cl)c(Cl)c1)NC(=O)C(=NCC1CCNC1)/C(C)=C\N. The molecule has 1 aliphatic rings. The zero-order valence-electron chi connectivity index (χ0n) is 16.2. The summed E-state index contributed by atoms with van der Waals surface area (Å²) >= 11 is 12.0. The summed E-state index contributed by atoms with van der Waals surface area (Å²) in [5.41, 5.74) is 7.57. The minimum Gasteiger partial charge on any atom is -0.404 e. The van der Waals surface area contributed by atoms with Gasteiger partial charge in [-0.1, -0.05) is 29.3 Å². The summed E-state index contributed by atoms with van der Waals surface area (Å²) in [6, 6.07) is 5.41. The highest BCUT2D eigenvalue weighted by Gasteiger charge is 2.18. The van der Waals surface area contributed by atoms with Crippen LogP contribution < -0.4 is 21.7 Å². The van der Waals surface area contributed by atoms with Crippen LogP contribution in [0.1, 0.15) is 25.8 Å². The number of amides is 1. The average Bonchev–Trinajstić information content (AvgIpc) is 3.21. The number of allylic oxidation sites excluding steroid dienone is 1. The molecule has 0 spiro atoms. The number of nitrogens with zero attached hydrogens (tertiary/aromatic N) is 1. The fraction of sp³-hybridized carbons (Fsp3) is 0.400. The van der Waals surface area contributed by atoms with E-state index in [1.54, 1.807) is 25.1 Å². The summed E-state index contributed by atoms with van der Waals surface area (Å²) in [7, 11) is 0. The molecule has 2 rings (SSSR count). The van der Waals surface area contributed by atoms with Crippen molar-refractivity contribution in [2.24, 2.45) is 16.6 Å². The van der Waals surface area contributed by atoms with Crippen LogP contribution in [0.25, 0.3) is 0 Å². The molecule has 1 atom stereocenters. The molecule has 1 aromatic rings. The number of hydrogen-bond donors (Lipinski definition) is 4. The van der Waals surface area contributed by atoms with Crippen LogP contribution in [0.5, 0.6) is 0 Å². The van der Waals surface area contributed by atoms with Crippen LogP contribution in [0.4, 0.5) is 0 Å². The largest absolute Gasteiger partial charge is 0.404 e. The van der Waals surface area contributed by atoms with Gasteiger partial charge in [0.05, 0.1) is 10.0 Å². The first kappa shape index (κ1) is 22.3. The first-order chi connectivity index (χ1) is 13.4. The maximum absolute atomic E-state index is 12.8. The normalized spacial score (nSPS) is 18.3. The van der Waals surface area contributed by atoms with Crippen molar-refractivity contribution in [1.82, 2.24) is 16.0 Å². The second kappa shape index (κ2) is 11.1. The molecule has 5 N–H and O–H groups in total. The van der Waals surface area contributed by atoms with Crippen LogP contribution in [0.3, 0.4) is 0 Å². The minimum absolute atomic E-state index is 0.292. The van der Waals surface area contributed by atoms with E-state index in [0.717, 1.165) is 25.1 Å². The molecule has 8 heteroatoms. The maximum Gasteiger partial charge on any atom is 0.275 e. The molecule has 0 bridgehead atoms. The minimum atomic E-state index is -0.292. The van der Waals surface area contributed by atoms with Crippen LogP contribution >= 0.6 is 23.2 Å². The lowest BCUT2D eigenvalue weighted by Crippen LogP contribution is -2.37. The summed E-state index contributed by atoms with van der Waals surface area (Å²) in [5.74, 6) is 0.735. The first-order valence-corrected chi connectivity index (χ1v) is 9.99. The molecule has 1 aromatic carbocycles. The molecule has 6 nitrogen and oxygen atoms in total. The Morgan fingerprint density at radius 2 is 2.18 bits per heavy atom. The van der Waals surface area contributed by atoms with E-state index in [2.05, 4.69) is 20.9 Å². The van der Waals surface area contributed by atoms with Crippen LogP contribution in [0.2, 0.25) is 10.0 Å². The second-order valence-electron chi connectivity index (χ2n) is 6.66. The first-order valence-electron chi connectivity index (χ1n) is 9.24. The molecule has 1 aliphatic heterocycles. The highest BCUT2D eigenvalue weighted by Crippen LogP contribution is 2.22. The van der Waals surface area contributed by atoms with Gasteiger partial charge in [-0.15, -0.1) is 0 Å². The van der Waals surface area contributed by atoms with Gasteiger partial charge in [0.1, 0.15) is 11.5 Å². The van der Waals surface area contributed by atoms with Crippen molar-refractivity contribution in [2.75, 3.05) is 19.6 Å². The number of benzene rings is 1. The zero-order valence-corrected chi connectivity index (χ0v) is 17.7. The van der Waals surface area contributed by atoms with E-state index in [0.29, 0.717) is 46.2 Å². The molecule has 0 aliphatic carbocycles.